The van der Waals surface area contributed by atoms with E-state index in [0.717, 1.165) is 35.7 Å². The van der Waals surface area contributed by atoms with Crippen LogP contribution in [0.2, 0.25) is 0 Å². The van der Waals surface area contributed by atoms with Gasteiger partial charge in [-0.25, -0.2) is 4.99 Å². The Labute approximate surface area is 183 Å². The standard InChI is InChI=1S/C23H23BrN2O2S/c1-15-7-5-6-10-19(15)26-22(28)21(14-16-11-12-20(27)18(24)13-16)29-23(26)25-17-8-3-2-4-9-17/h2-4,8-9,11-15,19,27H,5-7,10H2,1H3/b21-14-,25-23?/t15-,19+/m1/s1. The topological polar surface area (TPSA) is 52.9 Å². The maximum Gasteiger partial charge on any atom is 0.267 e. The Morgan fingerprint density at radius 2 is 1.93 bits per heavy atom. The van der Waals surface area contributed by atoms with Crippen molar-refractivity contribution in [2.24, 2.45) is 10.9 Å². The number of amides is 1. The minimum Gasteiger partial charge on any atom is -0.507 e. The van der Waals surface area contributed by atoms with E-state index in [1.165, 1.54) is 18.2 Å². The number of thioether (sulfide) groups is 1. The summed E-state index contributed by atoms with van der Waals surface area (Å²) in [4.78, 5) is 20.8. The second-order valence-electron chi connectivity index (χ2n) is 7.56. The molecule has 2 atom stereocenters. The number of nitrogens with zero attached hydrogens (tertiary/aromatic N) is 2. The summed E-state index contributed by atoms with van der Waals surface area (Å²) in [5.74, 6) is 0.658. The number of halogens is 1. The number of benzene rings is 2. The Hall–Kier alpha value is -2.05. The zero-order valence-electron chi connectivity index (χ0n) is 16.2. The van der Waals surface area contributed by atoms with Crippen molar-refractivity contribution >= 4 is 50.5 Å². The summed E-state index contributed by atoms with van der Waals surface area (Å²) < 4.78 is 0.609. The monoisotopic (exact) mass is 470 g/mol. The number of carbonyl (C=O) groups is 1. The third kappa shape index (κ3) is 4.43. The molecule has 4 nitrogen and oxygen atoms in total. The van der Waals surface area contributed by atoms with Crippen molar-refractivity contribution in [1.82, 2.24) is 4.90 Å². The molecule has 4 rings (SSSR count). The lowest BCUT2D eigenvalue weighted by Gasteiger charge is -2.35. The maximum absolute atomic E-state index is 13.4. The highest BCUT2D eigenvalue weighted by molar-refractivity contribution is 9.10. The van der Waals surface area contributed by atoms with Gasteiger partial charge in [-0.15, -0.1) is 0 Å². The van der Waals surface area contributed by atoms with Gasteiger partial charge in [-0.1, -0.05) is 44.0 Å². The summed E-state index contributed by atoms with van der Waals surface area (Å²) in [6, 6.07) is 15.2. The summed E-state index contributed by atoms with van der Waals surface area (Å²) >= 11 is 4.78. The molecule has 2 fully saturated rings. The smallest absolute Gasteiger partial charge is 0.267 e. The van der Waals surface area contributed by atoms with Crippen LogP contribution >= 0.6 is 27.7 Å². The first-order valence-electron chi connectivity index (χ1n) is 9.88. The molecule has 0 bridgehead atoms. The van der Waals surface area contributed by atoms with Crippen molar-refractivity contribution in [1.29, 1.82) is 0 Å². The van der Waals surface area contributed by atoms with Gasteiger partial charge in [0.1, 0.15) is 5.75 Å². The molecule has 0 aromatic heterocycles. The van der Waals surface area contributed by atoms with Gasteiger partial charge in [-0.2, -0.15) is 0 Å². The normalized spacial score (nSPS) is 25.2. The molecule has 150 valence electrons. The first-order valence-corrected chi connectivity index (χ1v) is 11.5. The van der Waals surface area contributed by atoms with Gasteiger partial charge >= 0.3 is 0 Å². The summed E-state index contributed by atoms with van der Waals surface area (Å²) in [5.41, 5.74) is 1.72. The number of carbonyl (C=O) groups excluding carboxylic acids is 1. The molecule has 1 amide bonds. The molecule has 1 aliphatic carbocycles. The number of hydrogen-bond donors (Lipinski definition) is 1. The maximum atomic E-state index is 13.4. The largest absolute Gasteiger partial charge is 0.507 e. The van der Waals surface area contributed by atoms with Gasteiger partial charge in [-0.05, 0) is 82.4 Å². The van der Waals surface area contributed by atoms with Crippen LogP contribution in [0.1, 0.15) is 38.2 Å². The van der Waals surface area contributed by atoms with E-state index in [1.807, 2.05) is 47.4 Å². The van der Waals surface area contributed by atoms with E-state index < -0.39 is 0 Å². The minimum atomic E-state index is 0.0210. The molecule has 1 saturated heterocycles. The van der Waals surface area contributed by atoms with E-state index in [4.69, 9.17) is 4.99 Å². The molecular formula is C23H23BrN2O2S. The highest BCUT2D eigenvalue weighted by Crippen LogP contribution is 2.40. The lowest BCUT2D eigenvalue weighted by molar-refractivity contribution is -0.124. The Bertz CT molecular complexity index is 974. The molecule has 1 saturated carbocycles. The van der Waals surface area contributed by atoms with Gasteiger partial charge in [0, 0.05) is 6.04 Å². The Morgan fingerprint density at radius 1 is 1.17 bits per heavy atom. The molecule has 1 N–H and O–H groups in total. The molecule has 0 unspecified atom stereocenters. The molecule has 1 aliphatic heterocycles. The molecule has 2 aromatic rings. The Balaban J connectivity index is 1.72. The minimum absolute atomic E-state index is 0.0210. The fourth-order valence-corrected chi connectivity index (χ4v) is 5.36. The van der Waals surface area contributed by atoms with E-state index >= 15 is 0 Å². The van der Waals surface area contributed by atoms with E-state index in [1.54, 1.807) is 12.1 Å². The predicted molar refractivity (Wildman–Crippen MR) is 123 cm³/mol. The van der Waals surface area contributed by atoms with Crippen LogP contribution in [0.5, 0.6) is 5.75 Å². The van der Waals surface area contributed by atoms with E-state index in [0.29, 0.717) is 15.3 Å². The van der Waals surface area contributed by atoms with Crippen LogP contribution in [0.15, 0.2) is 62.9 Å². The Morgan fingerprint density at radius 3 is 2.66 bits per heavy atom. The zero-order valence-corrected chi connectivity index (χ0v) is 18.6. The molecular weight excluding hydrogens is 448 g/mol. The van der Waals surface area contributed by atoms with Gasteiger partial charge in [-0.3, -0.25) is 9.69 Å². The summed E-state index contributed by atoms with van der Waals surface area (Å²) in [5, 5.41) is 10.5. The third-order valence-electron chi connectivity index (χ3n) is 5.49. The highest BCUT2D eigenvalue weighted by Gasteiger charge is 2.41. The Kier molecular flexibility index (Phi) is 6.11. The van der Waals surface area contributed by atoms with Crippen molar-refractivity contribution in [3.63, 3.8) is 0 Å². The van der Waals surface area contributed by atoms with Crippen molar-refractivity contribution in [2.75, 3.05) is 0 Å². The van der Waals surface area contributed by atoms with Crippen LogP contribution < -0.4 is 0 Å². The molecule has 6 heteroatoms. The van der Waals surface area contributed by atoms with Crippen LogP contribution in [-0.2, 0) is 4.79 Å². The zero-order chi connectivity index (χ0) is 20.4. The predicted octanol–water partition coefficient (Wildman–Crippen LogP) is 6.34. The second-order valence-corrected chi connectivity index (χ2v) is 9.42. The average Bonchev–Trinajstić information content (AvgIpc) is 3.01. The quantitative estimate of drug-likeness (QED) is 0.532. The highest BCUT2D eigenvalue weighted by atomic mass is 79.9. The van der Waals surface area contributed by atoms with Gasteiger partial charge in [0.05, 0.1) is 15.1 Å². The fraction of sp³-hybridized carbons (Fsp3) is 0.304. The van der Waals surface area contributed by atoms with Crippen LogP contribution in [0, 0.1) is 5.92 Å². The van der Waals surface area contributed by atoms with Crippen molar-refractivity contribution in [3.8, 4) is 5.75 Å². The number of hydrogen-bond acceptors (Lipinski definition) is 4. The molecule has 1 heterocycles. The number of rotatable bonds is 3. The molecule has 0 spiro atoms. The lowest BCUT2D eigenvalue weighted by Crippen LogP contribution is -2.44. The van der Waals surface area contributed by atoms with Gasteiger partial charge < -0.3 is 5.11 Å². The van der Waals surface area contributed by atoms with Crippen LogP contribution in [0.4, 0.5) is 5.69 Å². The van der Waals surface area contributed by atoms with E-state index in [-0.39, 0.29) is 17.7 Å². The molecule has 29 heavy (non-hydrogen) atoms. The second kappa shape index (κ2) is 8.76. The molecule has 2 aliphatic rings. The first-order chi connectivity index (χ1) is 14.0. The van der Waals surface area contributed by atoms with Crippen LogP contribution in [0.25, 0.3) is 6.08 Å². The summed E-state index contributed by atoms with van der Waals surface area (Å²) in [6.45, 7) is 2.24. The van der Waals surface area contributed by atoms with Crippen LogP contribution in [0.3, 0.4) is 0 Å². The van der Waals surface area contributed by atoms with Gasteiger partial charge in [0.25, 0.3) is 5.91 Å². The number of phenolic OH excluding ortho intramolecular Hbond substituents is 1. The van der Waals surface area contributed by atoms with Crippen molar-refractivity contribution in [3.05, 3.63) is 63.5 Å². The van der Waals surface area contributed by atoms with Crippen molar-refractivity contribution in [2.45, 2.75) is 38.6 Å². The molecule has 0 radical (unpaired) electrons. The van der Waals surface area contributed by atoms with Gasteiger partial charge in [0.2, 0.25) is 0 Å². The number of aromatic hydroxyl groups is 1. The number of para-hydroxylation sites is 1. The molecule has 2 aromatic carbocycles. The van der Waals surface area contributed by atoms with Gasteiger partial charge in [0.15, 0.2) is 5.17 Å². The number of aliphatic imine (C=N–C) groups is 1. The fourth-order valence-electron chi connectivity index (χ4n) is 3.91. The number of phenols is 1. The average molecular weight is 471 g/mol. The lowest BCUT2D eigenvalue weighted by atomic mass is 9.85. The number of amidine groups is 1. The van der Waals surface area contributed by atoms with Crippen LogP contribution in [-0.4, -0.2) is 27.1 Å². The van der Waals surface area contributed by atoms with E-state index in [2.05, 4.69) is 22.9 Å². The first kappa shape index (κ1) is 20.2. The summed E-state index contributed by atoms with van der Waals surface area (Å²) in [7, 11) is 0. The van der Waals surface area contributed by atoms with E-state index in [9.17, 15) is 9.90 Å². The SMILES string of the molecule is C[C@@H]1CCCC[C@@H]1N1C(=O)/C(=C/c2ccc(O)c(Br)c2)SC1=Nc1ccccc1. The third-order valence-corrected chi connectivity index (χ3v) is 7.10. The summed E-state index contributed by atoms with van der Waals surface area (Å²) in [6.07, 6.45) is 6.40. The van der Waals surface area contributed by atoms with Crippen molar-refractivity contribution < 1.29 is 9.90 Å².